The maximum atomic E-state index is 9.57. The van der Waals surface area contributed by atoms with Crippen LogP contribution < -0.4 is 0 Å². The van der Waals surface area contributed by atoms with Gasteiger partial charge in [0.1, 0.15) is 0 Å². The van der Waals surface area contributed by atoms with Crippen LogP contribution in [-0.4, -0.2) is 30.2 Å². The molecule has 2 fully saturated rings. The maximum absolute atomic E-state index is 9.57. The Morgan fingerprint density at radius 2 is 2.40 bits per heavy atom. The molecule has 1 unspecified atom stereocenters. The zero-order valence-corrected chi connectivity index (χ0v) is 9.74. The molecule has 4 atom stereocenters. The van der Waals surface area contributed by atoms with Gasteiger partial charge in [-0.3, -0.25) is 0 Å². The number of fused-ring (bicyclic) bond motifs is 1. The van der Waals surface area contributed by atoms with Crippen LogP contribution in [-0.2, 0) is 9.47 Å². The molecule has 1 N–H and O–H groups in total. The highest BCUT2D eigenvalue weighted by Gasteiger charge is 2.51. The van der Waals surface area contributed by atoms with Crippen molar-refractivity contribution in [2.24, 2.45) is 5.41 Å². The van der Waals surface area contributed by atoms with Crippen molar-refractivity contribution in [1.82, 2.24) is 0 Å². The van der Waals surface area contributed by atoms with E-state index in [4.69, 9.17) is 9.47 Å². The van der Waals surface area contributed by atoms with Gasteiger partial charge in [-0.1, -0.05) is 6.42 Å². The van der Waals surface area contributed by atoms with Crippen molar-refractivity contribution in [3.05, 3.63) is 0 Å². The molecule has 3 heteroatoms. The monoisotopic (exact) mass is 214 g/mol. The summed E-state index contributed by atoms with van der Waals surface area (Å²) in [6, 6.07) is 0. The van der Waals surface area contributed by atoms with Crippen LogP contribution in [0.5, 0.6) is 0 Å². The van der Waals surface area contributed by atoms with Gasteiger partial charge in [0.05, 0.1) is 12.2 Å². The minimum atomic E-state index is -0.227. The Labute approximate surface area is 91.8 Å². The summed E-state index contributed by atoms with van der Waals surface area (Å²) >= 11 is 0. The standard InChI is InChI=1S/C12H22O3/c1-3-14-11-8-12(7-9(2)13)6-4-5-10(12)15-11/h9-11,13H,3-8H2,1-2H3/t9-,10+,11?,12-/m1/s1. The van der Waals surface area contributed by atoms with Gasteiger partial charge in [0.2, 0.25) is 0 Å². The van der Waals surface area contributed by atoms with Crippen molar-refractivity contribution < 1.29 is 14.6 Å². The maximum Gasteiger partial charge on any atom is 0.158 e. The highest BCUT2D eigenvalue weighted by Crippen LogP contribution is 2.52. The Kier molecular flexibility index (Phi) is 3.33. The van der Waals surface area contributed by atoms with Gasteiger partial charge in [-0.2, -0.15) is 0 Å². The lowest BCUT2D eigenvalue weighted by molar-refractivity contribution is -0.131. The molecule has 2 rings (SSSR count). The molecular weight excluding hydrogens is 192 g/mol. The molecule has 1 saturated carbocycles. The van der Waals surface area contributed by atoms with E-state index in [1.807, 2.05) is 13.8 Å². The number of hydrogen-bond donors (Lipinski definition) is 1. The highest BCUT2D eigenvalue weighted by atomic mass is 16.7. The summed E-state index contributed by atoms with van der Waals surface area (Å²) in [7, 11) is 0. The Morgan fingerprint density at radius 1 is 1.60 bits per heavy atom. The molecule has 0 spiro atoms. The van der Waals surface area contributed by atoms with E-state index in [1.165, 1.54) is 12.8 Å². The van der Waals surface area contributed by atoms with Gasteiger partial charge in [-0.05, 0) is 33.1 Å². The smallest absolute Gasteiger partial charge is 0.158 e. The van der Waals surface area contributed by atoms with Crippen LogP contribution in [0.25, 0.3) is 0 Å². The van der Waals surface area contributed by atoms with Gasteiger partial charge in [-0.15, -0.1) is 0 Å². The van der Waals surface area contributed by atoms with Crippen molar-refractivity contribution in [2.75, 3.05) is 6.61 Å². The van der Waals surface area contributed by atoms with Crippen LogP contribution in [0.1, 0.15) is 46.0 Å². The summed E-state index contributed by atoms with van der Waals surface area (Å²) in [6.45, 7) is 4.58. The average Bonchev–Trinajstić information content (AvgIpc) is 2.59. The van der Waals surface area contributed by atoms with Gasteiger partial charge >= 0.3 is 0 Å². The highest BCUT2D eigenvalue weighted by molar-refractivity contribution is 4.98. The van der Waals surface area contributed by atoms with Gasteiger partial charge in [-0.25, -0.2) is 0 Å². The molecule has 0 aromatic heterocycles. The van der Waals surface area contributed by atoms with Gasteiger partial charge in [0, 0.05) is 18.4 Å². The van der Waals surface area contributed by atoms with E-state index in [0.29, 0.717) is 12.7 Å². The molecule has 1 aliphatic carbocycles. The fourth-order valence-corrected chi connectivity index (χ4v) is 3.31. The molecule has 0 aromatic carbocycles. The summed E-state index contributed by atoms with van der Waals surface area (Å²) in [6.07, 6.45) is 5.45. The molecule has 0 bridgehead atoms. The zero-order chi connectivity index (χ0) is 10.9. The molecular formula is C12H22O3. The van der Waals surface area contributed by atoms with Crippen molar-refractivity contribution in [3.8, 4) is 0 Å². The first kappa shape index (κ1) is 11.4. The Hall–Kier alpha value is -0.120. The summed E-state index contributed by atoms with van der Waals surface area (Å²) in [5.74, 6) is 0. The van der Waals surface area contributed by atoms with Gasteiger partial charge in [0.25, 0.3) is 0 Å². The number of aliphatic hydroxyl groups excluding tert-OH is 1. The fraction of sp³-hybridized carbons (Fsp3) is 1.00. The minimum absolute atomic E-state index is 0.0287. The minimum Gasteiger partial charge on any atom is -0.393 e. The van der Waals surface area contributed by atoms with E-state index in [0.717, 1.165) is 19.3 Å². The first-order valence-corrected chi connectivity index (χ1v) is 6.11. The van der Waals surface area contributed by atoms with Crippen LogP contribution in [0.4, 0.5) is 0 Å². The van der Waals surface area contributed by atoms with Crippen molar-refractivity contribution in [2.45, 2.75) is 64.4 Å². The lowest BCUT2D eigenvalue weighted by Crippen LogP contribution is -2.29. The molecule has 0 amide bonds. The predicted octanol–water partition coefficient (Wildman–Crippen LogP) is 2.08. The Balaban J connectivity index is 2.01. The van der Waals surface area contributed by atoms with E-state index in [9.17, 15) is 5.11 Å². The number of hydrogen-bond acceptors (Lipinski definition) is 3. The normalized spacial score (nSPS) is 41.8. The van der Waals surface area contributed by atoms with E-state index >= 15 is 0 Å². The lowest BCUT2D eigenvalue weighted by Gasteiger charge is -2.28. The van der Waals surface area contributed by atoms with Crippen LogP contribution in [0.2, 0.25) is 0 Å². The number of ether oxygens (including phenoxy) is 2. The molecule has 88 valence electrons. The number of rotatable bonds is 4. The van der Waals surface area contributed by atoms with E-state index in [2.05, 4.69) is 0 Å². The van der Waals surface area contributed by atoms with Crippen molar-refractivity contribution in [3.63, 3.8) is 0 Å². The number of aliphatic hydroxyl groups is 1. The van der Waals surface area contributed by atoms with Crippen LogP contribution in [0, 0.1) is 5.41 Å². The van der Waals surface area contributed by atoms with Crippen LogP contribution in [0.15, 0.2) is 0 Å². The molecule has 0 radical (unpaired) electrons. The quantitative estimate of drug-likeness (QED) is 0.778. The van der Waals surface area contributed by atoms with E-state index in [1.54, 1.807) is 0 Å². The largest absolute Gasteiger partial charge is 0.393 e. The molecule has 1 saturated heterocycles. The van der Waals surface area contributed by atoms with E-state index in [-0.39, 0.29) is 17.8 Å². The topological polar surface area (TPSA) is 38.7 Å². The van der Waals surface area contributed by atoms with E-state index < -0.39 is 0 Å². The molecule has 0 aromatic rings. The molecule has 1 heterocycles. The van der Waals surface area contributed by atoms with Gasteiger partial charge in [0.15, 0.2) is 6.29 Å². The van der Waals surface area contributed by atoms with Crippen LogP contribution in [0.3, 0.4) is 0 Å². The molecule has 15 heavy (non-hydrogen) atoms. The van der Waals surface area contributed by atoms with Crippen molar-refractivity contribution in [1.29, 1.82) is 0 Å². The third kappa shape index (κ3) is 2.19. The average molecular weight is 214 g/mol. The first-order chi connectivity index (χ1) is 7.16. The molecule has 3 nitrogen and oxygen atoms in total. The fourth-order valence-electron chi connectivity index (χ4n) is 3.31. The van der Waals surface area contributed by atoms with Crippen LogP contribution >= 0.6 is 0 Å². The first-order valence-electron chi connectivity index (χ1n) is 6.11. The third-order valence-corrected chi connectivity index (χ3v) is 3.77. The zero-order valence-electron chi connectivity index (χ0n) is 9.74. The SMILES string of the molecule is CCOC1C[C@]2(C[C@@H](C)O)CCC[C@@H]2O1. The van der Waals surface area contributed by atoms with Crippen molar-refractivity contribution >= 4 is 0 Å². The molecule has 2 aliphatic rings. The summed E-state index contributed by atoms with van der Waals surface area (Å²) in [5, 5.41) is 9.57. The second-order valence-electron chi connectivity index (χ2n) is 5.02. The van der Waals surface area contributed by atoms with Gasteiger partial charge < -0.3 is 14.6 Å². The second kappa shape index (κ2) is 4.40. The predicted molar refractivity (Wildman–Crippen MR) is 57.5 cm³/mol. The third-order valence-electron chi connectivity index (χ3n) is 3.77. The summed E-state index contributed by atoms with van der Waals surface area (Å²) in [5.41, 5.74) is 0.202. The Morgan fingerprint density at radius 3 is 3.07 bits per heavy atom. The second-order valence-corrected chi connectivity index (χ2v) is 5.02. The Bertz CT molecular complexity index is 217. The summed E-state index contributed by atoms with van der Waals surface area (Å²) < 4.78 is 11.4. The lowest BCUT2D eigenvalue weighted by atomic mass is 9.78. The summed E-state index contributed by atoms with van der Waals surface area (Å²) in [4.78, 5) is 0. The molecule has 1 aliphatic heterocycles.